The Balaban J connectivity index is 1.63. The lowest BCUT2D eigenvalue weighted by atomic mass is 9.45. The molecule has 8 atom stereocenters. The molecule has 1 amide bonds. The van der Waals surface area contributed by atoms with Crippen molar-refractivity contribution in [3.05, 3.63) is 23.6 Å². The second-order valence-corrected chi connectivity index (χ2v) is 12.9. The maximum Gasteiger partial charge on any atom is 0.288 e. The summed E-state index contributed by atoms with van der Waals surface area (Å²) < 4.78 is 45.5. The molecule has 36 heavy (non-hydrogen) atoms. The number of carbonyl (C=O) groups excluding carboxylic acids is 3. The van der Waals surface area contributed by atoms with Gasteiger partial charge in [-0.1, -0.05) is 13.0 Å². The van der Waals surface area contributed by atoms with Crippen LogP contribution in [0.25, 0.3) is 0 Å². The van der Waals surface area contributed by atoms with Gasteiger partial charge in [-0.15, -0.1) is 0 Å². The van der Waals surface area contributed by atoms with Crippen LogP contribution in [0, 0.1) is 22.7 Å². The number of hydrogen-bond donors (Lipinski definition) is 1. The van der Waals surface area contributed by atoms with E-state index in [1.807, 2.05) is 0 Å². The molecule has 7 nitrogen and oxygen atoms in total. The quantitative estimate of drug-likeness (QED) is 0.551. The third-order valence-corrected chi connectivity index (χ3v) is 10.5. The van der Waals surface area contributed by atoms with Gasteiger partial charge < -0.3 is 19.5 Å². The van der Waals surface area contributed by atoms with Gasteiger partial charge in [-0.2, -0.15) is 0 Å². The van der Waals surface area contributed by atoms with Crippen molar-refractivity contribution in [2.24, 2.45) is 22.7 Å². The van der Waals surface area contributed by atoms with Crippen molar-refractivity contribution in [2.45, 2.75) is 82.6 Å². The molecule has 2 saturated carbocycles. The Hall–Kier alpha value is -1.62. The maximum absolute atomic E-state index is 17.4. The monoisotopic (exact) mass is 525 g/mol. The van der Waals surface area contributed by atoms with E-state index in [0.717, 1.165) is 0 Å². The average Bonchev–Trinajstić information content (AvgIpc) is 3.18. The first kappa shape index (κ1) is 26.0. The third-order valence-electron chi connectivity index (χ3n) is 9.50. The normalized spacial score (nSPS) is 46.6. The largest absolute Gasteiger partial charge is 0.390 e. The summed E-state index contributed by atoms with van der Waals surface area (Å²) in [6.07, 6.45) is -0.137. The molecule has 0 aromatic rings. The number of nitrogens with zero attached hydrogens (tertiary/aromatic N) is 1. The van der Waals surface area contributed by atoms with Crippen molar-refractivity contribution in [2.75, 3.05) is 14.1 Å². The third kappa shape index (κ3) is 3.04. The number of amides is 1. The van der Waals surface area contributed by atoms with Gasteiger partial charge in [0.15, 0.2) is 22.8 Å². The van der Waals surface area contributed by atoms with Gasteiger partial charge in [0, 0.05) is 55.4 Å². The van der Waals surface area contributed by atoms with Gasteiger partial charge in [0.25, 0.3) is 5.24 Å². The highest BCUT2D eigenvalue weighted by Crippen LogP contribution is 2.73. The highest BCUT2D eigenvalue weighted by Gasteiger charge is 2.80. The fourth-order valence-electron chi connectivity index (χ4n) is 7.87. The van der Waals surface area contributed by atoms with Crippen molar-refractivity contribution in [3.8, 4) is 0 Å². The predicted octanol–water partition coefficient (Wildman–Crippen LogP) is 4.10. The molecule has 1 N–H and O–H groups in total. The van der Waals surface area contributed by atoms with E-state index in [1.54, 1.807) is 27.7 Å². The zero-order valence-electron chi connectivity index (χ0n) is 21.4. The van der Waals surface area contributed by atoms with E-state index < -0.39 is 68.1 Å². The molecule has 0 spiro atoms. The Morgan fingerprint density at radius 1 is 1.19 bits per heavy atom. The van der Waals surface area contributed by atoms with Gasteiger partial charge in [-0.3, -0.25) is 14.4 Å². The van der Waals surface area contributed by atoms with E-state index in [2.05, 4.69) is 0 Å². The van der Waals surface area contributed by atoms with Crippen molar-refractivity contribution in [1.29, 1.82) is 0 Å². The zero-order chi connectivity index (χ0) is 26.6. The number of hydrogen-bond acceptors (Lipinski definition) is 7. The van der Waals surface area contributed by atoms with Gasteiger partial charge in [-0.05, 0) is 51.2 Å². The molecular formula is C26H33F2NO6S. The summed E-state index contributed by atoms with van der Waals surface area (Å²) in [5, 5.41) is 10.5. The Bertz CT molecular complexity index is 1120. The second kappa shape index (κ2) is 7.71. The molecule has 198 valence electrons. The Morgan fingerprint density at radius 2 is 1.86 bits per heavy atom. The molecule has 3 fully saturated rings. The molecule has 4 unspecified atom stereocenters. The van der Waals surface area contributed by atoms with Crippen LogP contribution in [0.2, 0.25) is 0 Å². The van der Waals surface area contributed by atoms with Gasteiger partial charge in [0.05, 0.1) is 12.2 Å². The number of allylic oxidation sites excluding steroid dienone is 4. The number of halogens is 2. The molecular weight excluding hydrogens is 492 g/mol. The lowest BCUT2D eigenvalue weighted by Gasteiger charge is -2.62. The highest BCUT2D eigenvalue weighted by molar-refractivity contribution is 8.26. The summed E-state index contributed by atoms with van der Waals surface area (Å²) in [7, 11) is 3.07. The summed E-state index contributed by atoms with van der Waals surface area (Å²) >= 11 is 0.511. The molecule has 0 bridgehead atoms. The fourth-order valence-corrected chi connectivity index (χ4v) is 8.77. The Labute approximate surface area is 213 Å². The SMILES string of the molecule is CN(C)C(=O)SC(=O)[C@@]12OC(C)(C)O[C@@H]1CC1C3CC(F)=C4CC(=O)C=CC4(C)[C@@]3(F)[C@@H](O)CC12C. The molecule has 5 rings (SSSR count). The van der Waals surface area contributed by atoms with Gasteiger partial charge in [0.1, 0.15) is 5.83 Å². The van der Waals surface area contributed by atoms with Crippen LogP contribution in [-0.2, 0) is 19.1 Å². The lowest BCUT2D eigenvalue weighted by molar-refractivity contribution is -0.241. The minimum atomic E-state index is -2.26. The van der Waals surface area contributed by atoms with E-state index in [1.165, 1.54) is 31.1 Å². The minimum Gasteiger partial charge on any atom is -0.390 e. The summed E-state index contributed by atoms with van der Waals surface area (Å²) in [5.41, 5.74) is -6.44. The summed E-state index contributed by atoms with van der Waals surface area (Å²) in [6.45, 7) is 6.66. The molecule has 1 heterocycles. The van der Waals surface area contributed by atoms with E-state index in [0.29, 0.717) is 11.8 Å². The minimum absolute atomic E-state index is 0.0844. The molecule has 5 aliphatic rings. The number of fused-ring (bicyclic) bond motifs is 7. The first-order valence-corrected chi connectivity index (χ1v) is 13.1. The standard InChI is InChI=1S/C26H33F2NO6S/c1-22(2)34-19-11-14-15-10-17(27)16-9-13(30)7-8-23(16,3)25(15,28)18(31)12-24(14,4)26(19,35-22)20(32)36-21(33)29(5)6/h7-8,14-15,18-19,31H,9-12H2,1-6H3/t14?,15?,18-,19+,23?,24?,25-,26-/m0/s1. The van der Waals surface area contributed by atoms with Gasteiger partial charge in [0.2, 0.25) is 5.12 Å². The van der Waals surface area contributed by atoms with Crippen LogP contribution in [0.5, 0.6) is 0 Å². The number of rotatable bonds is 1. The first-order valence-electron chi connectivity index (χ1n) is 12.3. The van der Waals surface area contributed by atoms with Crippen LogP contribution in [-0.4, -0.2) is 69.5 Å². The van der Waals surface area contributed by atoms with Crippen molar-refractivity contribution < 1.29 is 37.7 Å². The molecule has 10 heteroatoms. The van der Waals surface area contributed by atoms with Gasteiger partial charge in [-0.25, -0.2) is 8.78 Å². The number of aliphatic hydroxyl groups is 1. The van der Waals surface area contributed by atoms with Crippen molar-refractivity contribution in [3.63, 3.8) is 0 Å². The molecule has 4 aliphatic carbocycles. The van der Waals surface area contributed by atoms with E-state index in [9.17, 15) is 19.5 Å². The van der Waals surface area contributed by atoms with Crippen LogP contribution < -0.4 is 0 Å². The smallest absolute Gasteiger partial charge is 0.288 e. The second-order valence-electron chi connectivity index (χ2n) is 12.0. The van der Waals surface area contributed by atoms with Crippen LogP contribution in [0.4, 0.5) is 13.6 Å². The molecule has 0 aromatic heterocycles. The number of thioether (sulfide) groups is 1. The van der Waals surface area contributed by atoms with Crippen LogP contribution >= 0.6 is 11.8 Å². The van der Waals surface area contributed by atoms with Crippen molar-refractivity contribution >= 4 is 27.9 Å². The molecule has 0 radical (unpaired) electrons. The number of alkyl halides is 1. The average molecular weight is 526 g/mol. The highest BCUT2D eigenvalue weighted by atomic mass is 32.2. The summed E-state index contributed by atoms with van der Waals surface area (Å²) in [6, 6.07) is 0. The molecule has 1 aliphatic heterocycles. The fraction of sp³-hybridized carbons (Fsp3) is 0.731. The van der Waals surface area contributed by atoms with Crippen molar-refractivity contribution in [1.82, 2.24) is 4.90 Å². The summed E-state index contributed by atoms with van der Waals surface area (Å²) in [5.74, 6) is -3.56. The number of aliphatic hydroxyl groups excluding tert-OH is 1. The number of ether oxygens (including phenoxy) is 2. The van der Waals surface area contributed by atoms with Crippen LogP contribution in [0.15, 0.2) is 23.6 Å². The maximum atomic E-state index is 17.4. The Kier molecular flexibility index (Phi) is 5.57. The predicted molar refractivity (Wildman–Crippen MR) is 128 cm³/mol. The first-order chi connectivity index (χ1) is 16.5. The number of carbonyl (C=O) groups is 3. The van der Waals surface area contributed by atoms with Gasteiger partial charge >= 0.3 is 0 Å². The van der Waals surface area contributed by atoms with Crippen LogP contribution in [0.3, 0.4) is 0 Å². The Morgan fingerprint density at radius 3 is 2.50 bits per heavy atom. The van der Waals surface area contributed by atoms with Crippen LogP contribution in [0.1, 0.15) is 53.4 Å². The number of ketones is 1. The summed E-state index contributed by atoms with van der Waals surface area (Å²) in [4.78, 5) is 39.7. The molecule has 1 saturated heterocycles. The topological polar surface area (TPSA) is 93.1 Å². The van der Waals surface area contributed by atoms with E-state index in [4.69, 9.17) is 9.47 Å². The molecule has 0 aromatic carbocycles. The van der Waals surface area contributed by atoms with E-state index >= 15 is 8.78 Å². The lowest BCUT2D eigenvalue weighted by Crippen LogP contribution is -2.69. The van der Waals surface area contributed by atoms with E-state index in [-0.39, 0.29) is 37.0 Å². The zero-order valence-corrected chi connectivity index (χ0v) is 22.2.